The quantitative estimate of drug-likeness (QED) is 0.724. The molecule has 3 nitrogen and oxygen atoms in total. The molecular weight excluding hydrogens is 200 g/mol. The number of aliphatic hydroxyl groups is 1. The highest BCUT2D eigenvalue weighted by atomic mass is 16.3. The van der Waals surface area contributed by atoms with E-state index in [0.717, 1.165) is 18.4 Å². The largest absolute Gasteiger partial charge is 0.385 e. The summed E-state index contributed by atoms with van der Waals surface area (Å²) in [4.78, 5) is 0. The van der Waals surface area contributed by atoms with Gasteiger partial charge in [0, 0.05) is 13.1 Å². The molecule has 1 heterocycles. The molecule has 1 aliphatic carbocycles. The van der Waals surface area contributed by atoms with Crippen LogP contribution >= 0.6 is 0 Å². The Hall–Kier alpha value is -1.37. The van der Waals surface area contributed by atoms with Crippen LogP contribution in [-0.2, 0) is 11.8 Å². The summed E-state index contributed by atoms with van der Waals surface area (Å²) in [6.45, 7) is 1.05. The minimum atomic E-state index is -0.881. The number of β-amino-alcohol motifs (C(OH)–C–C–N with tert-alkyl or cyclic N) is 1. The molecule has 0 radical (unpaired) electrons. The highest BCUT2D eigenvalue weighted by molar-refractivity contribution is 5.48. The molecule has 1 saturated heterocycles. The second-order valence-electron chi connectivity index (χ2n) is 4.81. The van der Waals surface area contributed by atoms with Gasteiger partial charge in [-0.25, -0.2) is 0 Å². The third-order valence-corrected chi connectivity index (χ3v) is 4.07. The summed E-state index contributed by atoms with van der Waals surface area (Å²) in [5, 5.41) is 23.1. The molecule has 1 aromatic rings. The Balaban J connectivity index is 2.15. The SMILES string of the molecule is N#CC1(C2(O)CNC2)CCc2ccccc21. The van der Waals surface area contributed by atoms with Crippen LogP contribution in [0.2, 0.25) is 0 Å². The molecule has 1 atom stereocenters. The van der Waals surface area contributed by atoms with Crippen molar-refractivity contribution in [1.29, 1.82) is 5.26 Å². The lowest BCUT2D eigenvalue weighted by molar-refractivity contribution is -0.0600. The Morgan fingerprint density at radius 1 is 1.31 bits per heavy atom. The van der Waals surface area contributed by atoms with Gasteiger partial charge in [-0.3, -0.25) is 0 Å². The zero-order chi connectivity index (χ0) is 11.2. The molecule has 2 aliphatic rings. The number of fused-ring (bicyclic) bond motifs is 1. The normalized spacial score (nSPS) is 30.2. The van der Waals surface area contributed by atoms with Crippen molar-refractivity contribution in [2.45, 2.75) is 23.9 Å². The maximum Gasteiger partial charge on any atom is 0.114 e. The lowest BCUT2D eigenvalue weighted by Gasteiger charge is -2.47. The zero-order valence-electron chi connectivity index (χ0n) is 9.03. The fraction of sp³-hybridized carbons (Fsp3) is 0.462. The second-order valence-corrected chi connectivity index (χ2v) is 4.81. The second kappa shape index (κ2) is 3.07. The Morgan fingerprint density at radius 3 is 2.69 bits per heavy atom. The van der Waals surface area contributed by atoms with Crippen molar-refractivity contribution in [3.63, 3.8) is 0 Å². The topological polar surface area (TPSA) is 56.0 Å². The predicted molar refractivity (Wildman–Crippen MR) is 59.9 cm³/mol. The minimum Gasteiger partial charge on any atom is -0.385 e. The van der Waals surface area contributed by atoms with Gasteiger partial charge in [0.15, 0.2) is 0 Å². The maximum absolute atomic E-state index is 10.5. The van der Waals surface area contributed by atoms with Gasteiger partial charge in [0.25, 0.3) is 0 Å². The summed E-state index contributed by atoms with van der Waals surface area (Å²) in [7, 11) is 0. The molecule has 82 valence electrons. The molecule has 1 aromatic carbocycles. The van der Waals surface area contributed by atoms with E-state index < -0.39 is 11.0 Å². The van der Waals surface area contributed by atoms with Gasteiger partial charge in [-0.15, -0.1) is 0 Å². The van der Waals surface area contributed by atoms with Gasteiger partial charge in [-0.2, -0.15) is 5.26 Å². The first-order valence-electron chi connectivity index (χ1n) is 5.65. The Morgan fingerprint density at radius 2 is 2.06 bits per heavy atom. The van der Waals surface area contributed by atoms with E-state index in [2.05, 4.69) is 17.5 Å². The Bertz CT molecular complexity index is 473. The zero-order valence-corrected chi connectivity index (χ0v) is 9.03. The van der Waals surface area contributed by atoms with Crippen molar-refractivity contribution in [3.05, 3.63) is 35.4 Å². The van der Waals surface area contributed by atoms with E-state index in [-0.39, 0.29) is 0 Å². The number of aryl methyl sites for hydroxylation is 1. The monoisotopic (exact) mass is 214 g/mol. The maximum atomic E-state index is 10.5. The minimum absolute atomic E-state index is 0.523. The van der Waals surface area contributed by atoms with Gasteiger partial charge >= 0.3 is 0 Å². The number of nitrogens with one attached hydrogen (secondary N) is 1. The molecule has 1 unspecified atom stereocenters. The molecule has 0 amide bonds. The van der Waals surface area contributed by atoms with Crippen LogP contribution in [0, 0.1) is 11.3 Å². The third-order valence-electron chi connectivity index (χ3n) is 4.07. The van der Waals surface area contributed by atoms with E-state index in [1.807, 2.05) is 18.2 Å². The van der Waals surface area contributed by atoms with Crippen molar-refractivity contribution in [3.8, 4) is 6.07 Å². The number of nitrogens with zero attached hydrogens (tertiary/aromatic N) is 1. The Kier molecular flexibility index (Phi) is 1.88. The molecule has 3 rings (SSSR count). The molecular formula is C13H14N2O. The van der Waals surface area contributed by atoms with Gasteiger partial charge in [0.1, 0.15) is 11.0 Å². The van der Waals surface area contributed by atoms with E-state index in [1.165, 1.54) is 5.56 Å². The van der Waals surface area contributed by atoms with Gasteiger partial charge in [0.05, 0.1) is 6.07 Å². The van der Waals surface area contributed by atoms with Crippen LogP contribution < -0.4 is 5.32 Å². The van der Waals surface area contributed by atoms with E-state index in [9.17, 15) is 10.4 Å². The molecule has 0 aromatic heterocycles. The molecule has 16 heavy (non-hydrogen) atoms. The standard InChI is InChI=1S/C13H14N2O/c14-7-12(13(16)8-15-9-13)6-5-10-3-1-2-4-11(10)12/h1-4,15-16H,5-6,8-9H2. The molecule has 0 spiro atoms. The fourth-order valence-corrected chi connectivity index (χ4v) is 2.98. The van der Waals surface area contributed by atoms with Crippen LogP contribution in [0.15, 0.2) is 24.3 Å². The van der Waals surface area contributed by atoms with Gasteiger partial charge in [0.2, 0.25) is 0 Å². The van der Waals surface area contributed by atoms with Crippen LogP contribution in [-0.4, -0.2) is 23.8 Å². The lowest BCUT2D eigenvalue weighted by Crippen LogP contribution is -2.69. The van der Waals surface area contributed by atoms with E-state index in [1.54, 1.807) is 0 Å². The first-order valence-corrected chi connectivity index (χ1v) is 5.65. The lowest BCUT2D eigenvalue weighted by atomic mass is 9.66. The Labute approximate surface area is 94.7 Å². The summed E-state index contributed by atoms with van der Waals surface area (Å²) in [5.74, 6) is 0. The molecule has 1 fully saturated rings. The summed E-state index contributed by atoms with van der Waals surface area (Å²) in [6, 6.07) is 10.4. The van der Waals surface area contributed by atoms with Crippen LogP contribution in [0.1, 0.15) is 17.5 Å². The van der Waals surface area contributed by atoms with Crippen LogP contribution in [0.3, 0.4) is 0 Å². The number of rotatable bonds is 1. The number of benzene rings is 1. The predicted octanol–water partition coefficient (Wildman–Crippen LogP) is 0.728. The summed E-state index contributed by atoms with van der Waals surface area (Å²) in [6.07, 6.45) is 1.63. The highest BCUT2D eigenvalue weighted by Gasteiger charge is 2.58. The average Bonchev–Trinajstić information content (AvgIpc) is 2.66. The van der Waals surface area contributed by atoms with Crippen molar-refractivity contribution < 1.29 is 5.11 Å². The molecule has 3 heteroatoms. The average molecular weight is 214 g/mol. The van der Waals surface area contributed by atoms with Gasteiger partial charge < -0.3 is 10.4 Å². The number of nitriles is 1. The third kappa shape index (κ3) is 0.986. The fourth-order valence-electron chi connectivity index (χ4n) is 2.98. The highest BCUT2D eigenvalue weighted by Crippen LogP contribution is 2.47. The molecule has 2 N–H and O–H groups in total. The molecule has 1 aliphatic heterocycles. The van der Waals surface area contributed by atoms with Crippen LogP contribution in [0.4, 0.5) is 0 Å². The van der Waals surface area contributed by atoms with Crippen molar-refractivity contribution >= 4 is 0 Å². The van der Waals surface area contributed by atoms with E-state index in [0.29, 0.717) is 13.1 Å². The van der Waals surface area contributed by atoms with Crippen LogP contribution in [0.25, 0.3) is 0 Å². The van der Waals surface area contributed by atoms with Crippen LogP contribution in [0.5, 0.6) is 0 Å². The molecule has 0 bridgehead atoms. The number of hydrogen-bond acceptors (Lipinski definition) is 3. The summed E-state index contributed by atoms with van der Waals surface area (Å²) < 4.78 is 0. The van der Waals surface area contributed by atoms with Crippen molar-refractivity contribution in [2.75, 3.05) is 13.1 Å². The van der Waals surface area contributed by atoms with E-state index >= 15 is 0 Å². The van der Waals surface area contributed by atoms with E-state index in [4.69, 9.17) is 0 Å². The summed E-state index contributed by atoms with van der Waals surface area (Å²) >= 11 is 0. The van der Waals surface area contributed by atoms with Gasteiger partial charge in [-0.1, -0.05) is 24.3 Å². The van der Waals surface area contributed by atoms with Gasteiger partial charge in [-0.05, 0) is 24.0 Å². The van der Waals surface area contributed by atoms with Crippen molar-refractivity contribution in [1.82, 2.24) is 5.32 Å². The number of hydrogen-bond donors (Lipinski definition) is 2. The smallest absolute Gasteiger partial charge is 0.114 e. The van der Waals surface area contributed by atoms with Crippen molar-refractivity contribution in [2.24, 2.45) is 0 Å². The first kappa shape index (κ1) is 9.83. The molecule has 0 saturated carbocycles. The first-order chi connectivity index (χ1) is 7.72. The summed E-state index contributed by atoms with van der Waals surface area (Å²) in [5.41, 5.74) is 0.661.